The molecule has 1 unspecified atom stereocenters. The molecule has 0 spiro atoms. The van der Waals surface area contributed by atoms with Crippen LogP contribution in [-0.2, 0) is 14.3 Å². The van der Waals surface area contributed by atoms with E-state index in [4.69, 9.17) is 14.2 Å². The summed E-state index contributed by atoms with van der Waals surface area (Å²) in [6.45, 7) is 10.2. The zero-order valence-corrected chi connectivity index (χ0v) is 18.1. The van der Waals surface area contributed by atoms with Crippen molar-refractivity contribution in [2.45, 2.75) is 78.4 Å². The number of unbranched alkanes of at least 4 members (excludes halogenated alkanes) is 2. The molecule has 1 aromatic carbocycles. The fourth-order valence-electron chi connectivity index (χ4n) is 2.79. The maximum atomic E-state index is 13.0. The number of benzene rings is 1. The topological polar surface area (TPSA) is 73.9 Å². The highest BCUT2D eigenvalue weighted by molar-refractivity contribution is 5.99. The van der Waals surface area contributed by atoms with Gasteiger partial charge in [-0.2, -0.15) is 0 Å². The van der Waals surface area contributed by atoms with Gasteiger partial charge in [-0.25, -0.2) is 4.79 Å². The van der Waals surface area contributed by atoms with Crippen molar-refractivity contribution >= 4 is 17.6 Å². The van der Waals surface area contributed by atoms with E-state index in [1.165, 1.54) is 7.11 Å². The van der Waals surface area contributed by atoms with Gasteiger partial charge in [-0.05, 0) is 51.8 Å². The average molecular weight is 394 g/mol. The van der Waals surface area contributed by atoms with Crippen molar-refractivity contribution in [3.63, 3.8) is 0 Å². The molecule has 0 radical (unpaired) electrons. The number of methoxy groups -OCH3 is 1. The molecular weight excluding hydrogens is 358 g/mol. The van der Waals surface area contributed by atoms with Gasteiger partial charge in [0.1, 0.15) is 16.9 Å². The number of hydrogen-bond acceptors (Lipinski definition) is 5. The van der Waals surface area contributed by atoms with Crippen LogP contribution in [0, 0.1) is 0 Å². The molecule has 1 atom stereocenters. The zero-order valence-electron chi connectivity index (χ0n) is 18.1. The number of ether oxygens (including phenoxy) is 3. The highest BCUT2D eigenvalue weighted by atomic mass is 16.5. The molecular formula is C22H35NO5. The molecule has 0 aliphatic rings. The second kappa shape index (κ2) is 11.7. The molecule has 0 saturated carbocycles. The van der Waals surface area contributed by atoms with Crippen LogP contribution in [0.2, 0.25) is 0 Å². The Morgan fingerprint density at radius 1 is 1.14 bits per heavy atom. The normalized spacial score (nSPS) is 13.1. The molecule has 0 aliphatic carbocycles. The number of rotatable bonds is 12. The maximum absolute atomic E-state index is 13.0. The third-order valence-corrected chi connectivity index (χ3v) is 4.37. The minimum Gasteiger partial charge on any atom is -0.490 e. The highest BCUT2D eigenvalue weighted by Gasteiger charge is 2.33. The predicted molar refractivity (Wildman–Crippen MR) is 111 cm³/mol. The Labute approximate surface area is 168 Å². The molecule has 1 rings (SSSR count). The largest absolute Gasteiger partial charge is 0.490 e. The fourth-order valence-corrected chi connectivity index (χ4v) is 2.79. The summed E-state index contributed by atoms with van der Waals surface area (Å²) in [4.78, 5) is 25.1. The van der Waals surface area contributed by atoms with Crippen LogP contribution in [0.1, 0.15) is 77.1 Å². The van der Waals surface area contributed by atoms with Gasteiger partial charge in [-0.3, -0.25) is 4.79 Å². The summed E-state index contributed by atoms with van der Waals surface area (Å²) in [5, 5.41) is 2.89. The van der Waals surface area contributed by atoms with Crippen LogP contribution >= 0.6 is 0 Å². The van der Waals surface area contributed by atoms with Gasteiger partial charge in [0, 0.05) is 12.3 Å². The van der Waals surface area contributed by atoms with Gasteiger partial charge < -0.3 is 19.5 Å². The van der Waals surface area contributed by atoms with Crippen molar-refractivity contribution in [1.82, 2.24) is 0 Å². The quantitative estimate of drug-likeness (QED) is 0.401. The SMILES string of the molecule is CCCCCC(C)(OCCC)C(=O)Nc1ccc(OC(C)C)c(C(=O)OC)c1. The molecule has 1 amide bonds. The minimum atomic E-state index is -0.913. The van der Waals surface area contributed by atoms with Crippen molar-refractivity contribution in [1.29, 1.82) is 0 Å². The number of nitrogens with one attached hydrogen (secondary N) is 1. The fraction of sp³-hybridized carbons (Fsp3) is 0.636. The summed E-state index contributed by atoms with van der Waals surface area (Å²) >= 11 is 0. The molecule has 6 nitrogen and oxygen atoms in total. The van der Waals surface area contributed by atoms with Crippen LogP contribution in [0.25, 0.3) is 0 Å². The first-order valence-corrected chi connectivity index (χ1v) is 10.1. The lowest BCUT2D eigenvalue weighted by atomic mass is 9.96. The molecule has 1 aromatic rings. The van der Waals surface area contributed by atoms with E-state index in [0.717, 1.165) is 25.7 Å². The monoisotopic (exact) mass is 393 g/mol. The van der Waals surface area contributed by atoms with Crippen LogP contribution in [0.5, 0.6) is 5.75 Å². The van der Waals surface area contributed by atoms with Crippen LogP contribution < -0.4 is 10.1 Å². The van der Waals surface area contributed by atoms with Crippen LogP contribution in [0.4, 0.5) is 5.69 Å². The van der Waals surface area contributed by atoms with Gasteiger partial charge in [0.25, 0.3) is 5.91 Å². The molecule has 0 aromatic heterocycles. The minimum absolute atomic E-state index is 0.0897. The highest BCUT2D eigenvalue weighted by Crippen LogP contribution is 2.27. The first-order valence-electron chi connectivity index (χ1n) is 10.1. The smallest absolute Gasteiger partial charge is 0.341 e. The molecule has 28 heavy (non-hydrogen) atoms. The maximum Gasteiger partial charge on any atom is 0.341 e. The molecule has 1 N–H and O–H groups in total. The van der Waals surface area contributed by atoms with Gasteiger partial charge in [0.15, 0.2) is 0 Å². The molecule has 158 valence electrons. The Kier molecular flexibility index (Phi) is 10.0. The Morgan fingerprint density at radius 3 is 2.43 bits per heavy atom. The van der Waals surface area contributed by atoms with E-state index in [0.29, 0.717) is 24.5 Å². The van der Waals surface area contributed by atoms with Crippen molar-refractivity contribution < 1.29 is 23.8 Å². The standard InChI is InChI=1S/C22H35NO5/c1-7-9-10-13-22(5,27-14-8-2)21(25)23-17-11-12-19(28-16(3)4)18(15-17)20(24)26-6/h11-12,15-16H,7-10,13-14H2,1-6H3,(H,23,25). The van der Waals surface area contributed by atoms with Crippen molar-refractivity contribution in [2.75, 3.05) is 19.0 Å². The number of amides is 1. The summed E-state index contributed by atoms with van der Waals surface area (Å²) < 4.78 is 16.4. The Bertz CT molecular complexity index is 644. The van der Waals surface area contributed by atoms with Crippen molar-refractivity contribution in [2.24, 2.45) is 0 Å². The lowest BCUT2D eigenvalue weighted by Gasteiger charge is -2.29. The molecule has 0 aliphatic heterocycles. The van der Waals surface area contributed by atoms with Gasteiger partial charge in [-0.1, -0.05) is 33.1 Å². The van der Waals surface area contributed by atoms with E-state index < -0.39 is 11.6 Å². The van der Waals surface area contributed by atoms with Gasteiger partial charge in [-0.15, -0.1) is 0 Å². The zero-order chi connectivity index (χ0) is 21.2. The van der Waals surface area contributed by atoms with Crippen LogP contribution in [0.3, 0.4) is 0 Å². The molecule has 0 fully saturated rings. The third kappa shape index (κ3) is 7.15. The second-order valence-corrected chi connectivity index (χ2v) is 7.36. The van der Waals surface area contributed by atoms with Crippen molar-refractivity contribution in [3.8, 4) is 5.75 Å². The number of carbonyl (C=O) groups excluding carboxylic acids is 2. The lowest BCUT2D eigenvalue weighted by Crippen LogP contribution is -2.43. The van der Waals surface area contributed by atoms with Gasteiger partial charge in [0.05, 0.1) is 13.2 Å². The summed E-state index contributed by atoms with van der Waals surface area (Å²) in [6.07, 6.45) is 4.43. The van der Waals surface area contributed by atoms with E-state index in [-0.39, 0.29) is 17.6 Å². The predicted octanol–water partition coefficient (Wildman–Crippen LogP) is 4.96. The third-order valence-electron chi connectivity index (χ3n) is 4.37. The van der Waals surface area contributed by atoms with E-state index in [1.807, 2.05) is 27.7 Å². The number of esters is 1. The van der Waals surface area contributed by atoms with E-state index in [9.17, 15) is 9.59 Å². The number of anilines is 1. The summed E-state index contributed by atoms with van der Waals surface area (Å²) in [5.74, 6) is -0.308. The summed E-state index contributed by atoms with van der Waals surface area (Å²) in [7, 11) is 1.32. The summed E-state index contributed by atoms with van der Waals surface area (Å²) in [5.41, 5.74) is -0.136. The van der Waals surface area contributed by atoms with E-state index in [2.05, 4.69) is 12.2 Å². The molecule has 0 saturated heterocycles. The lowest BCUT2D eigenvalue weighted by molar-refractivity contribution is -0.140. The van der Waals surface area contributed by atoms with Gasteiger partial charge in [0.2, 0.25) is 0 Å². The van der Waals surface area contributed by atoms with Crippen LogP contribution in [-0.4, -0.2) is 37.3 Å². The Hall–Kier alpha value is -2.08. The number of carbonyl (C=O) groups is 2. The molecule has 0 heterocycles. The Morgan fingerprint density at radius 2 is 1.86 bits per heavy atom. The average Bonchev–Trinajstić information content (AvgIpc) is 2.66. The summed E-state index contributed by atoms with van der Waals surface area (Å²) in [6, 6.07) is 4.96. The van der Waals surface area contributed by atoms with Crippen LogP contribution in [0.15, 0.2) is 18.2 Å². The second-order valence-electron chi connectivity index (χ2n) is 7.36. The number of hydrogen-bond donors (Lipinski definition) is 1. The van der Waals surface area contributed by atoms with Gasteiger partial charge >= 0.3 is 5.97 Å². The molecule has 6 heteroatoms. The molecule has 0 bridgehead atoms. The van der Waals surface area contributed by atoms with E-state index in [1.54, 1.807) is 18.2 Å². The first-order chi connectivity index (χ1) is 13.3. The Balaban J connectivity index is 3.04. The van der Waals surface area contributed by atoms with Crippen molar-refractivity contribution in [3.05, 3.63) is 23.8 Å². The first kappa shape index (κ1) is 24.0. The van der Waals surface area contributed by atoms with E-state index >= 15 is 0 Å².